The molecule has 0 saturated heterocycles. The number of rotatable bonds is 2. The Hall–Kier alpha value is -2.51. The van der Waals surface area contributed by atoms with Gasteiger partial charge in [0.1, 0.15) is 23.3 Å². The Balaban J connectivity index is 2.02. The van der Waals surface area contributed by atoms with E-state index in [0.717, 1.165) is 15.2 Å². The molecule has 0 atom stereocenters. The van der Waals surface area contributed by atoms with Crippen LogP contribution < -0.4 is 4.74 Å². The monoisotopic (exact) mass is 339 g/mol. The van der Waals surface area contributed by atoms with Crippen LogP contribution in [-0.4, -0.2) is 5.11 Å². The number of halogens is 1. The summed E-state index contributed by atoms with van der Waals surface area (Å²) in [6.45, 7) is 0. The summed E-state index contributed by atoms with van der Waals surface area (Å²) in [6.07, 6.45) is 0. The van der Waals surface area contributed by atoms with Crippen molar-refractivity contribution in [3.63, 3.8) is 0 Å². The number of phenols is 1. The summed E-state index contributed by atoms with van der Waals surface area (Å²) in [5, 5.41) is 20.5. The number of hydrogen-bond donors (Lipinski definition) is 1. The van der Waals surface area contributed by atoms with Gasteiger partial charge in [0, 0.05) is 4.47 Å². The molecule has 3 rings (SSSR count). The van der Waals surface area contributed by atoms with Crippen LogP contribution in [0.15, 0.2) is 59.1 Å². The first kappa shape index (κ1) is 13.5. The van der Waals surface area contributed by atoms with Crippen LogP contribution in [0.5, 0.6) is 17.2 Å². The van der Waals surface area contributed by atoms with Gasteiger partial charge < -0.3 is 9.84 Å². The van der Waals surface area contributed by atoms with E-state index in [0.29, 0.717) is 17.1 Å². The van der Waals surface area contributed by atoms with Crippen molar-refractivity contribution in [2.45, 2.75) is 0 Å². The Morgan fingerprint density at radius 2 is 1.76 bits per heavy atom. The van der Waals surface area contributed by atoms with Crippen LogP contribution in [-0.2, 0) is 0 Å². The molecular weight excluding hydrogens is 330 g/mol. The maximum atomic E-state index is 9.54. The van der Waals surface area contributed by atoms with E-state index in [9.17, 15) is 5.11 Å². The number of benzene rings is 3. The van der Waals surface area contributed by atoms with Crippen LogP contribution in [0.3, 0.4) is 0 Å². The summed E-state index contributed by atoms with van der Waals surface area (Å²) in [4.78, 5) is 0. The van der Waals surface area contributed by atoms with Gasteiger partial charge in [-0.05, 0) is 53.2 Å². The predicted molar refractivity (Wildman–Crippen MR) is 84.5 cm³/mol. The SMILES string of the molecule is N#Cc1ccc(Br)cc1Oc1ccc2ccc(O)cc2c1. The molecule has 1 N–H and O–H groups in total. The number of nitrogens with zero attached hydrogens (tertiary/aromatic N) is 1. The molecule has 0 fully saturated rings. The second kappa shape index (κ2) is 5.47. The minimum Gasteiger partial charge on any atom is -0.508 e. The molecule has 0 aliphatic heterocycles. The van der Waals surface area contributed by atoms with E-state index in [1.54, 1.807) is 30.3 Å². The van der Waals surface area contributed by atoms with Crippen LogP contribution in [0, 0.1) is 11.3 Å². The number of fused-ring (bicyclic) bond motifs is 1. The molecule has 3 aromatic rings. The topological polar surface area (TPSA) is 53.2 Å². The number of phenolic OH excluding ortho intramolecular Hbond substituents is 1. The Labute approximate surface area is 130 Å². The molecule has 0 saturated carbocycles. The van der Waals surface area contributed by atoms with Crippen molar-refractivity contribution in [2.75, 3.05) is 0 Å². The average Bonchev–Trinajstić information content (AvgIpc) is 2.47. The van der Waals surface area contributed by atoms with Gasteiger partial charge in [0.2, 0.25) is 0 Å². The van der Waals surface area contributed by atoms with Gasteiger partial charge in [0.15, 0.2) is 0 Å². The summed E-state index contributed by atoms with van der Waals surface area (Å²) in [5.74, 6) is 1.31. The van der Waals surface area contributed by atoms with Crippen molar-refractivity contribution in [3.8, 4) is 23.3 Å². The zero-order valence-corrected chi connectivity index (χ0v) is 12.5. The highest BCUT2D eigenvalue weighted by molar-refractivity contribution is 9.10. The van der Waals surface area contributed by atoms with Crippen molar-refractivity contribution < 1.29 is 9.84 Å². The Morgan fingerprint density at radius 1 is 0.952 bits per heavy atom. The third-order valence-corrected chi connectivity index (χ3v) is 3.58. The van der Waals surface area contributed by atoms with Crippen LogP contribution in [0.1, 0.15) is 5.56 Å². The largest absolute Gasteiger partial charge is 0.508 e. The summed E-state index contributed by atoms with van der Waals surface area (Å²) < 4.78 is 6.64. The standard InChI is InChI=1S/C17H10BrNO2/c18-14-4-1-12(10-19)17(9-14)21-16-6-3-11-2-5-15(20)7-13(11)8-16/h1-9,20H. The molecule has 4 heteroatoms. The quantitative estimate of drug-likeness (QED) is 0.716. The lowest BCUT2D eigenvalue weighted by molar-refractivity contribution is 0.475. The van der Waals surface area contributed by atoms with Crippen LogP contribution in [0.25, 0.3) is 10.8 Å². The van der Waals surface area contributed by atoms with E-state index in [4.69, 9.17) is 10.00 Å². The fourth-order valence-electron chi connectivity index (χ4n) is 2.08. The van der Waals surface area contributed by atoms with Gasteiger partial charge in [0.25, 0.3) is 0 Å². The number of nitriles is 1. The van der Waals surface area contributed by atoms with E-state index in [2.05, 4.69) is 22.0 Å². The third kappa shape index (κ3) is 2.83. The lowest BCUT2D eigenvalue weighted by atomic mass is 10.1. The van der Waals surface area contributed by atoms with Crippen molar-refractivity contribution in [1.82, 2.24) is 0 Å². The molecule has 0 unspecified atom stereocenters. The second-order valence-corrected chi connectivity index (χ2v) is 5.46. The third-order valence-electron chi connectivity index (χ3n) is 3.09. The molecule has 3 aromatic carbocycles. The van der Waals surface area contributed by atoms with Gasteiger partial charge in [-0.2, -0.15) is 5.26 Å². The number of aromatic hydroxyl groups is 1. The average molecular weight is 340 g/mol. The Bertz CT molecular complexity index is 868. The van der Waals surface area contributed by atoms with Gasteiger partial charge in [0.05, 0.1) is 5.56 Å². The van der Waals surface area contributed by atoms with Gasteiger partial charge >= 0.3 is 0 Å². The first-order chi connectivity index (χ1) is 10.2. The highest BCUT2D eigenvalue weighted by Crippen LogP contribution is 2.31. The maximum absolute atomic E-state index is 9.54. The van der Waals surface area contributed by atoms with E-state index >= 15 is 0 Å². The van der Waals surface area contributed by atoms with Crippen molar-refractivity contribution in [1.29, 1.82) is 5.26 Å². The minimum atomic E-state index is 0.208. The predicted octanol–water partition coefficient (Wildman–Crippen LogP) is 4.97. The first-order valence-electron chi connectivity index (χ1n) is 6.26. The molecule has 21 heavy (non-hydrogen) atoms. The summed E-state index contributed by atoms with van der Waals surface area (Å²) >= 11 is 3.37. The number of ether oxygens (including phenoxy) is 1. The van der Waals surface area contributed by atoms with Crippen LogP contribution in [0.2, 0.25) is 0 Å². The fourth-order valence-corrected chi connectivity index (χ4v) is 2.42. The van der Waals surface area contributed by atoms with Gasteiger partial charge in [-0.15, -0.1) is 0 Å². The van der Waals surface area contributed by atoms with Gasteiger partial charge in [-0.3, -0.25) is 0 Å². The lowest BCUT2D eigenvalue weighted by Gasteiger charge is -2.09. The number of hydrogen-bond acceptors (Lipinski definition) is 3. The van der Waals surface area contributed by atoms with E-state index in [1.165, 1.54) is 0 Å². The summed E-state index contributed by atoms with van der Waals surface area (Å²) in [6, 6.07) is 18.1. The molecule has 0 heterocycles. The fraction of sp³-hybridized carbons (Fsp3) is 0. The highest BCUT2D eigenvalue weighted by Gasteiger charge is 2.06. The highest BCUT2D eigenvalue weighted by atomic mass is 79.9. The van der Waals surface area contributed by atoms with Crippen LogP contribution >= 0.6 is 15.9 Å². The van der Waals surface area contributed by atoms with Crippen LogP contribution in [0.4, 0.5) is 0 Å². The molecule has 0 aromatic heterocycles. The summed E-state index contributed by atoms with van der Waals surface area (Å²) in [7, 11) is 0. The maximum Gasteiger partial charge on any atom is 0.146 e. The molecule has 3 nitrogen and oxygen atoms in total. The van der Waals surface area contributed by atoms with Crippen molar-refractivity contribution in [3.05, 3.63) is 64.6 Å². The van der Waals surface area contributed by atoms with E-state index < -0.39 is 0 Å². The minimum absolute atomic E-state index is 0.208. The Kier molecular flexibility index (Phi) is 3.51. The molecule has 0 spiro atoms. The normalized spacial score (nSPS) is 10.3. The molecule has 0 amide bonds. The van der Waals surface area contributed by atoms with E-state index in [1.807, 2.05) is 24.3 Å². The molecule has 0 aliphatic carbocycles. The molecule has 102 valence electrons. The first-order valence-corrected chi connectivity index (χ1v) is 7.05. The zero-order chi connectivity index (χ0) is 14.8. The second-order valence-electron chi connectivity index (χ2n) is 4.55. The molecule has 0 radical (unpaired) electrons. The van der Waals surface area contributed by atoms with E-state index in [-0.39, 0.29) is 5.75 Å². The zero-order valence-electron chi connectivity index (χ0n) is 10.9. The van der Waals surface area contributed by atoms with Crippen molar-refractivity contribution >= 4 is 26.7 Å². The smallest absolute Gasteiger partial charge is 0.146 e. The van der Waals surface area contributed by atoms with Gasteiger partial charge in [-0.25, -0.2) is 0 Å². The Morgan fingerprint density at radius 3 is 2.57 bits per heavy atom. The molecule has 0 bridgehead atoms. The van der Waals surface area contributed by atoms with Gasteiger partial charge in [-0.1, -0.05) is 28.1 Å². The molecule has 0 aliphatic rings. The summed E-state index contributed by atoms with van der Waals surface area (Å²) in [5.41, 5.74) is 0.467. The lowest BCUT2D eigenvalue weighted by Crippen LogP contribution is -1.88. The molecular formula is C17H10BrNO2. The van der Waals surface area contributed by atoms with Crippen molar-refractivity contribution in [2.24, 2.45) is 0 Å².